The summed E-state index contributed by atoms with van der Waals surface area (Å²) < 4.78 is 5.38. The van der Waals surface area contributed by atoms with Crippen molar-refractivity contribution in [2.75, 3.05) is 13.1 Å². The van der Waals surface area contributed by atoms with Crippen molar-refractivity contribution in [1.29, 1.82) is 0 Å². The van der Waals surface area contributed by atoms with Crippen molar-refractivity contribution in [2.24, 2.45) is 0 Å². The first-order valence-corrected chi connectivity index (χ1v) is 7.37. The van der Waals surface area contributed by atoms with Gasteiger partial charge in [0.15, 0.2) is 0 Å². The van der Waals surface area contributed by atoms with E-state index in [1.165, 1.54) is 0 Å². The lowest BCUT2D eigenvalue weighted by molar-refractivity contribution is 0.0825. The van der Waals surface area contributed by atoms with E-state index in [1.54, 1.807) is 0 Å². The van der Waals surface area contributed by atoms with Gasteiger partial charge in [-0.25, -0.2) is 4.79 Å². The molecule has 0 saturated carbocycles. The molecule has 0 spiro atoms. The minimum Gasteiger partial charge on any atom is -0.445 e. The van der Waals surface area contributed by atoms with Gasteiger partial charge in [-0.1, -0.05) is 44.2 Å². The zero-order valence-electron chi connectivity index (χ0n) is 12.3. The summed E-state index contributed by atoms with van der Waals surface area (Å²) in [6.45, 7) is 6.15. The zero-order valence-corrected chi connectivity index (χ0v) is 12.3. The molecule has 20 heavy (non-hydrogen) atoms. The predicted octanol–water partition coefficient (Wildman–Crippen LogP) is 2.79. The van der Waals surface area contributed by atoms with Crippen LogP contribution in [-0.2, 0) is 11.3 Å². The van der Waals surface area contributed by atoms with Crippen molar-refractivity contribution in [3.8, 4) is 0 Å². The minimum atomic E-state index is -0.205. The maximum atomic E-state index is 12.1. The molecule has 0 aromatic heterocycles. The van der Waals surface area contributed by atoms with Crippen LogP contribution in [-0.4, -0.2) is 36.2 Å². The summed E-state index contributed by atoms with van der Waals surface area (Å²) in [4.78, 5) is 13.9. The molecule has 1 heterocycles. The number of ether oxygens (including phenoxy) is 1. The summed E-state index contributed by atoms with van der Waals surface area (Å²) in [6.07, 6.45) is 1.95. The van der Waals surface area contributed by atoms with Gasteiger partial charge in [-0.3, -0.25) is 0 Å². The highest BCUT2D eigenvalue weighted by molar-refractivity contribution is 5.67. The van der Waals surface area contributed by atoms with Crippen LogP contribution in [0.2, 0.25) is 0 Å². The van der Waals surface area contributed by atoms with Crippen molar-refractivity contribution >= 4 is 6.09 Å². The number of carbonyl (C=O) groups excluding carboxylic acids is 1. The Bertz CT molecular complexity index is 420. The van der Waals surface area contributed by atoms with Crippen LogP contribution in [0.5, 0.6) is 0 Å². The Morgan fingerprint density at radius 3 is 2.85 bits per heavy atom. The van der Waals surface area contributed by atoms with E-state index in [1.807, 2.05) is 35.2 Å². The number of benzene rings is 1. The van der Waals surface area contributed by atoms with Gasteiger partial charge in [0.25, 0.3) is 0 Å². The van der Waals surface area contributed by atoms with Crippen molar-refractivity contribution in [1.82, 2.24) is 10.2 Å². The van der Waals surface area contributed by atoms with Gasteiger partial charge < -0.3 is 15.0 Å². The third-order valence-electron chi connectivity index (χ3n) is 3.45. The normalized spacial score (nSPS) is 19.1. The fourth-order valence-corrected chi connectivity index (χ4v) is 2.56. The molecule has 0 bridgehead atoms. The molecule has 1 atom stereocenters. The van der Waals surface area contributed by atoms with Gasteiger partial charge >= 0.3 is 6.09 Å². The summed E-state index contributed by atoms with van der Waals surface area (Å²) in [5.74, 6) is 0. The molecule has 1 aromatic carbocycles. The van der Waals surface area contributed by atoms with E-state index in [-0.39, 0.29) is 6.09 Å². The number of hydrogen-bond acceptors (Lipinski definition) is 3. The van der Waals surface area contributed by atoms with Crippen LogP contribution < -0.4 is 5.32 Å². The second kappa shape index (κ2) is 7.29. The summed E-state index contributed by atoms with van der Waals surface area (Å²) in [5.41, 5.74) is 1.02. The Morgan fingerprint density at radius 1 is 1.40 bits per heavy atom. The molecule has 0 radical (unpaired) electrons. The Kier molecular flexibility index (Phi) is 5.41. The smallest absolute Gasteiger partial charge is 0.410 e. The van der Waals surface area contributed by atoms with Crippen LogP contribution in [0.1, 0.15) is 32.3 Å². The van der Waals surface area contributed by atoms with E-state index >= 15 is 0 Å². The number of nitrogens with zero attached hydrogens (tertiary/aromatic N) is 1. The Morgan fingerprint density at radius 2 is 2.15 bits per heavy atom. The van der Waals surface area contributed by atoms with E-state index in [2.05, 4.69) is 19.2 Å². The second-order valence-electron chi connectivity index (χ2n) is 5.65. The van der Waals surface area contributed by atoms with E-state index in [9.17, 15) is 4.79 Å². The SMILES string of the molecule is CC(C)N[C@H]1CCCN(C(=O)OCc2ccccc2)C1. The van der Waals surface area contributed by atoms with Gasteiger partial charge in [-0.2, -0.15) is 0 Å². The van der Waals surface area contributed by atoms with Gasteiger partial charge in [-0.15, -0.1) is 0 Å². The van der Waals surface area contributed by atoms with E-state index < -0.39 is 0 Å². The Labute approximate surface area is 121 Å². The van der Waals surface area contributed by atoms with Crippen LogP contribution in [0.4, 0.5) is 4.79 Å². The lowest BCUT2D eigenvalue weighted by atomic mass is 10.1. The number of carbonyl (C=O) groups is 1. The third kappa shape index (κ3) is 4.53. The van der Waals surface area contributed by atoms with Crippen molar-refractivity contribution in [2.45, 2.75) is 45.4 Å². The molecule has 1 aromatic rings. The van der Waals surface area contributed by atoms with E-state index in [0.29, 0.717) is 18.7 Å². The number of rotatable bonds is 4. The minimum absolute atomic E-state index is 0.205. The number of likely N-dealkylation sites (tertiary alicyclic amines) is 1. The number of amides is 1. The Hall–Kier alpha value is -1.55. The summed E-state index contributed by atoms with van der Waals surface area (Å²) in [6, 6.07) is 10.6. The van der Waals surface area contributed by atoms with Crippen LogP contribution in [0.15, 0.2) is 30.3 Å². The van der Waals surface area contributed by atoms with Crippen LogP contribution in [0, 0.1) is 0 Å². The number of nitrogens with one attached hydrogen (secondary N) is 1. The summed E-state index contributed by atoms with van der Waals surface area (Å²) in [5, 5.41) is 3.49. The molecular weight excluding hydrogens is 252 g/mol. The molecule has 1 fully saturated rings. The molecule has 2 rings (SSSR count). The third-order valence-corrected chi connectivity index (χ3v) is 3.45. The predicted molar refractivity (Wildman–Crippen MR) is 79.5 cm³/mol. The molecule has 1 aliphatic rings. The number of piperidine rings is 1. The molecule has 110 valence electrons. The molecule has 0 unspecified atom stereocenters. The monoisotopic (exact) mass is 276 g/mol. The van der Waals surface area contributed by atoms with Crippen molar-refractivity contribution in [3.63, 3.8) is 0 Å². The quantitative estimate of drug-likeness (QED) is 0.919. The maximum absolute atomic E-state index is 12.1. The van der Waals surface area contributed by atoms with E-state index in [0.717, 1.165) is 31.5 Å². The van der Waals surface area contributed by atoms with Gasteiger partial charge in [0.05, 0.1) is 0 Å². The lowest BCUT2D eigenvalue weighted by Crippen LogP contribution is -2.49. The fraction of sp³-hybridized carbons (Fsp3) is 0.562. The molecular formula is C16H24N2O2. The Balaban J connectivity index is 1.80. The second-order valence-corrected chi connectivity index (χ2v) is 5.65. The average molecular weight is 276 g/mol. The van der Waals surface area contributed by atoms with Crippen LogP contribution in [0.25, 0.3) is 0 Å². The topological polar surface area (TPSA) is 41.6 Å². The maximum Gasteiger partial charge on any atom is 0.410 e. The highest BCUT2D eigenvalue weighted by atomic mass is 16.6. The largest absolute Gasteiger partial charge is 0.445 e. The molecule has 1 amide bonds. The molecule has 0 aliphatic carbocycles. The van der Waals surface area contributed by atoms with Crippen LogP contribution in [0.3, 0.4) is 0 Å². The first kappa shape index (κ1) is 14.9. The van der Waals surface area contributed by atoms with Gasteiger partial charge in [0.2, 0.25) is 0 Å². The van der Waals surface area contributed by atoms with E-state index in [4.69, 9.17) is 4.74 Å². The van der Waals surface area contributed by atoms with Crippen LogP contribution >= 0.6 is 0 Å². The molecule has 1 N–H and O–H groups in total. The summed E-state index contributed by atoms with van der Waals surface area (Å²) in [7, 11) is 0. The average Bonchev–Trinajstić information content (AvgIpc) is 2.45. The fourth-order valence-electron chi connectivity index (χ4n) is 2.56. The van der Waals surface area contributed by atoms with Crippen molar-refractivity contribution < 1.29 is 9.53 Å². The molecule has 1 aliphatic heterocycles. The van der Waals surface area contributed by atoms with Crippen molar-refractivity contribution in [3.05, 3.63) is 35.9 Å². The van der Waals surface area contributed by atoms with Gasteiger partial charge in [0.1, 0.15) is 6.61 Å². The highest BCUT2D eigenvalue weighted by Gasteiger charge is 2.24. The lowest BCUT2D eigenvalue weighted by Gasteiger charge is -2.33. The standard InChI is InChI=1S/C16H24N2O2/c1-13(2)17-15-9-6-10-18(11-15)16(19)20-12-14-7-4-3-5-8-14/h3-5,7-8,13,15,17H,6,9-12H2,1-2H3/t15-/m0/s1. The number of hydrogen-bond donors (Lipinski definition) is 1. The molecule has 4 heteroatoms. The zero-order chi connectivity index (χ0) is 14.4. The highest BCUT2D eigenvalue weighted by Crippen LogP contribution is 2.13. The first-order valence-electron chi connectivity index (χ1n) is 7.37. The van der Waals surface area contributed by atoms with Gasteiger partial charge in [-0.05, 0) is 18.4 Å². The molecule has 4 nitrogen and oxygen atoms in total. The molecule has 1 saturated heterocycles. The first-order chi connectivity index (χ1) is 9.65. The summed E-state index contributed by atoms with van der Waals surface area (Å²) >= 11 is 0. The van der Waals surface area contributed by atoms with Gasteiger partial charge in [0, 0.05) is 25.2 Å².